The van der Waals surface area contributed by atoms with Gasteiger partial charge in [-0.3, -0.25) is 0 Å². The second-order valence-electron chi connectivity index (χ2n) is 7.70. The van der Waals surface area contributed by atoms with Crippen molar-refractivity contribution in [2.45, 2.75) is 18.0 Å². The number of hydrogen-bond acceptors (Lipinski definition) is 6. The minimum Gasteiger partial charge on any atom is -0.495 e. The van der Waals surface area contributed by atoms with E-state index in [0.29, 0.717) is 17.2 Å². The monoisotopic (exact) mass is 510 g/mol. The predicted molar refractivity (Wildman–Crippen MR) is 131 cm³/mol. The number of benzene rings is 3. The Morgan fingerprint density at radius 2 is 1.67 bits per heavy atom. The van der Waals surface area contributed by atoms with Crippen LogP contribution in [0.5, 0.6) is 11.5 Å². The Labute approximate surface area is 208 Å². The number of hydrogen-bond donors (Lipinski definition) is 1. The van der Waals surface area contributed by atoms with E-state index in [1.165, 1.54) is 30.4 Å². The molecule has 0 spiro atoms. The van der Waals surface area contributed by atoms with Gasteiger partial charge < -0.3 is 23.6 Å². The summed E-state index contributed by atoms with van der Waals surface area (Å²) in [5.41, 5.74) is 1.24. The van der Waals surface area contributed by atoms with E-state index in [2.05, 4.69) is 5.32 Å². The highest BCUT2D eigenvalue weighted by atomic mass is 32.2. The third-order valence-corrected chi connectivity index (χ3v) is 6.43. The molecule has 1 aromatic heterocycles. The number of ether oxygens (including phenoxy) is 1. The van der Waals surface area contributed by atoms with Crippen molar-refractivity contribution in [1.29, 1.82) is 0 Å². The van der Waals surface area contributed by atoms with Crippen LogP contribution < -0.4 is 14.2 Å². The molecular weight excluding hydrogens is 487 g/mol. The molecule has 0 aliphatic rings. The SMILES string of the molecule is COc1ccccc1NC(=O)N(Cc1ccc(OS(=O)(=O)c2ccc(F)cc2)cc1)Cc1ccco1. The zero-order valence-electron chi connectivity index (χ0n) is 19.3. The van der Waals surface area contributed by atoms with E-state index < -0.39 is 15.9 Å². The fourth-order valence-corrected chi connectivity index (χ4v) is 4.31. The Morgan fingerprint density at radius 3 is 2.33 bits per heavy atom. The summed E-state index contributed by atoms with van der Waals surface area (Å²) in [7, 11) is -2.60. The van der Waals surface area contributed by atoms with E-state index in [1.54, 1.807) is 48.5 Å². The quantitative estimate of drug-likeness (QED) is 0.302. The summed E-state index contributed by atoms with van der Waals surface area (Å²) in [5.74, 6) is 0.648. The van der Waals surface area contributed by atoms with Gasteiger partial charge in [0.25, 0.3) is 0 Å². The number of carbonyl (C=O) groups excluding carboxylic acids is 1. The molecule has 0 saturated carbocycles. The Kier molecular flexibility index (Phi) is 7.55. The van der Waals surface area contributed by atoms with Crippen molar-refractivity contribution >= 4 is 21.8 Å². The normalized spacial score (nSPS) is 11.1. The summed E-state index contributed by atoms with van der Waals surface area (Å²) in [4.78, 5) is 14.5. The average Bonchev–Trinajstić information content (AvgIpc) is 3.38. The molecule has 0 fully saturated rings. The number of halogens is 1. The Hall–Kier alpha value is -4.31. The second-order valence-corrected chi connectivity index (χ2v) is 9.25. The lowest BCUT2D eigenvalue weighted by Gasteiger charge is -2.23. The van der Waals surface area contributed by atoms with E-state index in [4.69, 9.17) is 13.3 Å². The zero-order chi connectivity index (χ0) is 25.5. The van der Waals surface area contributed by atoms with Crippen molar-refractivity contribution in [3.8, 4) is 11.5 Å². The smallest absolute Gasteiger partial charge is 0.339 e. The first-order valence-electron chi connectivity index (χ1n) is 10.8. The molecule has 10 heteroatoms. The molecule has 3 aromatic carbocycles. The molecule has 4 rings (SSSR count). The van der Waals surface area contributed by atoms with Gasteiger partial charge in [-0.05, 0) is 66.2 Å². The molecular formula is C26H23FN2O6S. The number of amides is 2. The largest absolute Gasteiger partial charge is 0.495 e. The van der Waals surface area contributed by atoms with Gasteiger partial charge in [0.2, 0.25) is 0 Å². The molecule has 0 bridgehead atoms. The van der Waals surface area contributed by atoms with Crippen molar-refractivity contribution in [3.05, 3.63) is 108 Å². The van der Waals surface area contributed by atoms with Gasteiger partial charge in [-0.25, -0.2) is 9.18 Å². The van der Waals surface area contributed by atoms with E-state index in [-0.39, 0.29) is 29.8 Å². The van der Waals surface area contributed by atoms with Crippen LogP contribution in [0.15, 0.2) is 101 Å². The maximum Gasteiger partial charge on any atom is 0.339 e. The van der Waals surface area contributed by atoms with Crippen molar-refractivity contribution in [1.82, 2.24) is 4.90 Å². The molecule has 186 valence electrons. The minimum absolute atomic E-state index is 0.0825. The third kappa shape index (κ3) is 6.22. The number of nitrogens with one attached hydrogen (secondary N) is 1. The molecule has 0 aliphatic heterocycles. The summed E-state index contributed by atoms with van der Waals surface area (Å²) in [6.07, 6.45) is 1.53. The Balaban J connectivity index is 1.49. The van der Waals surface area contributed by atoms with E-state index in [9.17, 15) is 17.6 Å². The molecule has 0 atom stereocenters. The highest BCUT2D eigenvalue weighted by Crippen LogP contribution is 2.25. The van der Waals surface area contributed by atoms with Crippen molar-refractivity contribution in [2.75, 3.05) is 12.4 Å². The van der Waals surface area contributed by atoms with Crippen LogP contribution >= 0.6 is 0 Å². The Bertz CT molecular complexity index is 1410. The van der Waals surface area contributed by atoms with Crippen LogP contribution in [0.25, 0.3) is 0 Å². The first-order chi connectivity index (χ1) is 17.3. The molecule has 8 nitrogen and oxygen atoms in total. The molecule has 0 radical (unpaired) electrons. The maximum atomic E-state index is 13.1. The highest BCUT2D eigenvalue weighted by Gasteiger charge is 2.19. The lowest BCUT2D eigenvalue weighted by atomic mass is 10.2. The van der Waals surface area contributed by atoms with Gasteiger partial charge in [0.05, 0.1) is 25.6 Å². The second kappa shape index (κ2) is 11.0. The van der Waals surface area contributed by atoms with Gasteiger partial charge >= 0.3 is 16.1 Å². The van der Waals surface area contributed by atoms with Crippen LogP contribution in [-0.2, 0) is 23.2 Å². The van der Waals surface area contributed by atoms with E-state index in [0.717, 1.165) is 29.8 Å². The molecule has 36 heavy (non-hydrogen) atoms. The zero-order valence-corrected chi connectivity index (χ0v) is 20.1. The van der Waals surface area contributed by atoms with Crippen LogP contribution in [0, 0.1) is 5.82 Å². The number of carbonyl (C=O) groups is 1. The number of furan rings is 1. The number of nitrogens with zero attached hydrogens (tertiary/aromatic N) is 1. The summed E-state index contributed by atoms with van der Waals surface area (Å²) >= 11 is 0. The van der Waals surface area contributed by atoms with Gasteiger partial charge in [0.1, 0.15) is 28.0 Å². The minimum atomic E-state index is -4.12. The lowest BCUT2D eigenvalue weighted by molar-refractivity contribution is 0.201. The molecule has 2 amide bonds. The first kappa shape index (κ1) is 24.8. The summed E-state index contributed by atoms with van der Waals surface area (Å²) in [5, 5.41) is 2.85. The molecule has 0 saturated heterocycles. The molecule has 0 aliphatic carbocycles. The van der Waals surface area contributed by atoms with Gasteiger partial charge in [-0.2, -0.15) is 8.42 Å². The first-order valence-corrected chi connectivity index (χ1v) is 12.3. The summed E-state index contributed by atoms with van der Waals surface area (Å²) in [6, 6.07) is 20.8. The molecule has 0 unspecified atom stereocenters. The number of rotatable bonds is 9. The van der Waals surface area contributed by atoms with Crippen LogP contribution in [-0.4, -0.2) is 26.5 Å². The van der Waals surface area contributed by atoms with E-state index >= 15 is 0 Å². The van der Waals surface area contributed by atoms with Gasteiger partial charge in [-0.15, -0.1) is 0 Å². The summed E-state index contributed by atoms with van der Waals surface area (Å²) in [6.45, 7) is 0.401. The average molecular weight is 511 g/mol. The lowest BCUT2D eigenvalue weighted by Crippen LogP contribution is -2.34. The predicted octanol–water partition coefficient (Wildman–Crippen LogP) is 5.43. The van der Waals surface area contributed by atoms with Crippen LogP contribution in [0.4, 0.5) is 14.9 Å². The van der Waals surface area contributed by atoms with E-state index in [1.807, 2.05) is 0 Å². The van der Waals surface area contributed by atoms with Gasteiger partial charge in [-0.1, -0.05) is 24.3 Å². The Morgan fingerprint density at radius 1 is 0.944 bits per heavy atom. The molecule has 1 N–H and O–H groups in total. The highest BCUT2D eigenvalue weighted by molar-refractivity contribution is 7.87. The topological polar surface area (TPSA) is 98.1 Å². The third-order valence-electron chi connectivity index (χ3n) is 5.17. The maximum absolute atomic E-state index is 13.1. The van der Waals surface area contributed by atoms with Crippen LogP contribution in [0.2, 0.25) is 0 Å². The van der Waals surface area contributed by atoms with Crippen molar-refractivity contribution in [3.63, 3.8) is 0 Å². The number of urea groups is 1. The number of anilines is 1. The fourth-order valence-electron chi connectivity index (χ4n) is 3.38. The fraction of sp³-hybridized carbons (Fsp3) is 0.115. The molecule has 1 heterocycles. The number of para-hydroxylation sites is 2. The number of methoxy groups -OCH3 is 1. The van der Waals surface area contributed by atoms with Crippen LogP contribution in [0.1, 0.15) is 11.3 Å². The van der Waals surface area contributed by atoms with Crippen LogP contribution in [0.3, 0.4) is 0 Å². The van der Waals surface area contributed by atoms with Crippen molar-refractivity contribution < 1.29 is 30.9 Å². The van der Waals surface area contributed by atoms with Gasteiger partial charge in [0, 0.05) is 6.54 Å². The molecule has 4 aromatic rings. The van der Waals surface area contributed by atoms with Crippen molar-refractivity contribution in [2.24, 2.45) is 0 Å². The van der Waals surface area contributed by atoms with Gasteiger partial charge in [0.15, 0.2) is 0 Å². The summed E-state index contributed by atoms with van der Waals surface area (Å²) < 4.78 is 53.9. The standard InChI is InChI=1S/C26H23FN2O6S/c1-33-25-7-3-2-6-24(25)28-26(30)29(18-22-5-4-16-34-22)17-19-8-12-21(13-9-19)35-36(31,32)23-14-10-20(27)11-15-23/h2-16H,17-18H2,1H3,(H,28,30).